The first kappa shape index (κ1) is 13.1. The van der Waals surface area contributed by atoms with Gasteiger partial charge >= 0.3 is 0 Å². The molecule has 3 N–H and O–H groups in total. The maximum absolute atomic E-state index is 11.1. The summed E-state index contributed by atoms with van der Waals surface area (Å²) in [5, 5.41) is 10.3. The Morgan fingerprint density at radius 1 is 1.22 bits per heavy atom. The SMILES string of the molecule is Cc1ccsc1CNc1ccc(S(N)(=O)=O)cc1. The van der Waals surface area contributed by atoms with Crippen molar-refractivity contribution in [3.8, 4) is 0 Å². The van der Waals surface area contributed by atoms with Crippen molar-refractivity contribution in [2.24, 2.45) is 5.14 Å². The lowest BCUT2D eigenvalue weighted by Gasteiger charge is -2.06. The molecule has 0 spiro atoms. The standard InChI is InChI=1S/C12H14N2O2S2/c1-9-6-7-17-12(9)8-14-10-2-4-11(5-3-10)18(13,15)16/h2-7,14H,8H2,1H3,(H2,13,15,16). The van der Waals surface area contributed by atoms with Gasteiger partial charge in [-0.2, -0.15) is 0 Å². The largest absolute Gasteiger partial charge is 0.380 e. The summed E-state index contributed by atoms with van der Waals surface area (Å²) < 4.78 is 22.2. The zero-order valence-corrected chi connectivity index (χ0v) is 11.5. The molecule has 0 fully saturated rings. The summed E-state index contributed by atoms with van der Waals surface area (Å²) in [5.74, 6) is 0. The molecule has 0 aliphatic heterocycles. The van der Waals surface area contributed by atoms with E-state index in [1.54, 1.807) is 23.5 Å². The second kappa shape index (κ2) is 5.09. The minimum atomic E-state index is -3.61. The minimum absolute atomic E-state index is 0.125. The average Bonchev–Trinajstić information content (AvgIpc) is 2.72. The highest BCUT2D eigenvalue weighted by atomic mass is 32.2. The average molecular weight is 282 g/mol. The molecule has 4 nitrogen and oxygen atoms in total. The van der Waals surface area contributed by atoms with Crippen molar-refractivity contribution in [3.05, 3.63) is 46.2 Å². The molecule has 0 atom stereocenters. The van der Waals surface area contributed by atoms with E-state index < -0.39 is 10.0 Å². The van der Waals surface area contributed by atoms with Crippen LogP contribution in [-0.2, 0) is 16.6 Å². The summed E-state index contributed by atoms with van der Waals surface area (Å²) in [7, 11) is -3.61. The van der Waals surface area contributed by atoms with Gasteiger partial charge in [0.25, 0.3) is 0 Å². The molecule has 6 heteroatoms. The smallest absolute Gasteiger partial charge is 0.238 e. The van der Waals surface area contributed by atoms with Gasteiger partial charge in [-0.1, -0.05) is 0 Å². The highest BCUT2D eigenvalue weighted by Gasteiger charge is 2.06. The molecule has 0 unspecified atom stereocenters. The first-order valence-corrected chi connectivity index (χ1v) is 7.79. The number of primary sulfonamides is 1. The third kappa shape index (κ3) is 3.10. The van der Waals surface area contributed by atoms with Crippen LogP contribution >= 0.6 is 11.3 Å². The Bertz CT molecular complexity index is 630. The number of thiophene rings is 1. The summed E-state index contributed by atoms with van der Waals surface area (Å²) in [6, 6.07) is 8.50. The minimum Gasteiger partial charge on any atom is -0.380 e. The number of sulfonamides is 1. The molecule has 1 aromatic carbocycles. The maximum Gasteiger partial charge on any atom is 0.238 e. The van der Waals surface area contributed by atoms with Crippen LogP contribution in [0.15, 0.2) is 40.6 Å². The molecule has 0 aliphatic carbocycles. The summed E-state index contributed by atoms with van der Waals surface area (Å²) in [6.07, 6.45) is 0. The number of aryl methyl sites for hydroxylation is 1. The van der Waals surface area contributed by atoms with Crippen LogP contribution in [0.5, 0.6) is 0 Å². The Hall–Kier alpha value is -1.37. The Kier molecular flexibility index (Phi) is 3.70. The zero-order chi connectivity index (χ0) is 13.2. The van der Waals surface area contributed by atoms with Crippen molar-refractivity contribution < 1.29 is 8.42 Å². The van der Waals surface area contributed by atoms with E-state index >= 15 is 0 Å². The van der Waals surface area contributed by atoms with Crippen LogP contribution in [0.25, 0.3) is 0 Å². The Labute approximate surface area is 111 Å². The molecular weight excluding hydrogens is 268 g/mol. The van der Waals surface area contributed by atoms with E-state index in [-0.39, 0.29) is 4.90 Å². The first-order valence-electron chi connectivity index (χ1n) is 5.36. The molecule has 0 amide bonds. The molecule has 18 heavy (non-hydrogen) atoms. The lowest BCUT2D eigenvalue weighted by atomic mass is 10.2. The molecule has 0 bridgehead atoms. The Morgan fingerprint density at radius 2 is 1.89 bits per heavy atom. The number of hydrogen-bond donors (Lipinski definition) is 2. The highest BCUT2D eigenvalue weighted by molar-refractivity contribution is 7.89. The molecule has 0 aliphatic rings. The fraction of sp³-hybridized carbons (Fsp3) is 0.167. The molecule has 2 aromatic rings. The van der Waals surface area contributed by atoms with E-state index in [4.69, 9.17) is 5.14 Å². The molecule has 1 heterocycles. The van der Waals surface area contributed by atoms with Crippen molar-refractivity contribution in [1.82, 2.24) is 0 Å². The van der Waals surface area contributed by atoms with Crippen molar-refractivity contribution in [1.29, 1.82) is 0 Å². The summed E-state index contributed by atoms with van der Waals surface area (Å²) >= 11 is 1.70. The van der Waals surface area contributed by atoms with Crippen molar-refractivity contribution >= 4 is 27.0 Å². The van der Waals surface area contributed by atoms with Gasteiger partial charge in [-0.3, -0.25) is 0 Å². The maximum atomic E-state index is 11.1. The monoisotopic (exact) mass is 282 g/mol. The van der Waals surface area contributed by atoms with Crippen LogP contribution in [0.3, 0.4) is 0 Å². The molecule has 0 radical (unpaired) electrons. The van der Waals surface area contributed by atoms with E-state index in [0.29, 0.717) is 0 Å². The van der Waals surface area contributed by atoms with Crippen molar-refractivity contribution in [2.45, 2.75) is 18.4 Å². The van der Waals surface area contributed by atoms with Crippen LogP contribution in [0.4, 0.5) is 5.69 Å². The second-order valence-electron chi connectivity index (χ2n) is 3.95. The van der Waals surface area contributed by atoms with E-state index in [1.165, 1.54) is 22.6 Å². The van der Waals surface area contributed by atoms with Gasteiger partial charge in [-0.25, -0.2) is 13.6 Å². The van der Waals surface area contributed by atoms with Gasteiger partial charge in [0.2, 0.25) is 10.0 Å². The summed E-state index contributed by atoms with van der Waals surface area (Å²) in [5.41, 5.74) is 2.13. The normalized spacial score (nSPS) is 11.4. The van der Waals surface area contributed by atoms with Crippen LogP contribution in [0.1, 0.15) is 10.4 Å². The highest BCUT2D eigenvalue weighted by Crippen LogP contribution is 2.18. The quantitative estimate of drug-likeness (QED) is 0.904. The van der Waals surface area contributed by atoms with Gasteiger partial charge in [0.05, 0.1) is 4.90 Å². The Balaban J connectivity index is 2.05. The van der Waals surface area contributed by atoms with Gasteiger partial charge in [-0.05, 0) is 48.2 Å². The van der Waals surface area contributed by atoms with Gasteiger partial charge in [-0.15, -0.1) is 11.3 Å². The second-order valence-corrected chi connectivity index (χ2v) is 6.51. The van der Waals surface area contributed by atoms with Crippen molar-refractivity contribution in [2.75, 3.05) is 5.32 Å². The molecule has 1 aromatic heterocycles. The number of rotatable bonds is 4. The zero-order valence-electron chi connectivity index (χ0n) is 9.88. The van der Waals surface area contributed by atoms with Gasteiger partial charge in [0.1, 0.15) is 0 Å². The fourth-order valence-electron chi connectivity index (χ4n) is 1.53. The van der Waals surface area contributed by atoms with E-state index in [2.05, 4.69) is 23.7 Å². The predicted molar refractivity (Wildman–Crippen MR) is 74.2 cm³/mol. The van der Waals surface area contributed by atoms with Gasteiger partial charge in [0.15, 0.2) is 0 Å². The van der Waals surface area contributed by atoms with Crippen LogP contribution < -0.4 is 10.5 Å². The number of anilines is 1. The van der Waals surface area contributed by atoms with E-state index in [0.717, 1.165) is 12.2 Å². The number of benzene rings is 1. The lowest BCUT2D eigenvalue weighted by Crippen LogP contribution is -2.11. The molecule has 0 saturated heterocycles. The van der Waals surface area contributed by atoms with E-state index in [9.17, 15) is 8.42 Å². The topological polar surface area (TPSA) is 72.2 Å². The molecular formula is C12H14N2O2S2. The summed E-state index contributed by atoms with van der Waals surface area (Å²) in [4.78, 5) is 1.39. The third-order valence-electron chi connectivity index (χ3n) is 2.60. The lowest BCUT2D eigenvalue weighted by molar-refractivity contribution is 0.598. The number of hydrogen-bond acceptors (Lipinski definition) is 4. The first-order chi connectivity index (χ1) is 8.47. The Morgan fingerprint density at radius 3 is 2.39 bits per heavy atom. The van der Waals surface area contributed by atoms with Crippen LogP contribution in [0, 0.1) is 6.92 Å². The number of nitrogens with one attached hydrogen (secondary N) is 1. The molecule has 0 saturated carbocycles. The molecule has 2 rings (SSSR count). The van der Waals surface area contributed by atoms with E-state index in [1.807, 2.05) is 0 Å². The third-order valence-corrected chi connectivity index (χ3v) is 4.56. The summed E-state index contributed by atoms with van der Waals surface area (Å²) in [6.45, 7) is 2.80. The van der Waals surface area contributed by atoms with Crippen LogP contribution in [0.2, 0.25) is 0 Å². The van der Waals surface area contributed by atoms with Crippen molar-refractivity contribution in [3.63, 3.8) is 0 Å². The van der Waals surface area contributed by atoms with Gasteiger partial charge in [0, 0.05) is 17.1 Å². The van der Waals surface area contributed by atoms with Gasteiger partial charge < -0.3 is 5.32 Å². The predicted octanol–water partition coefficient (Wildman–Crippen LogP) is 2.32. The van der Waals surface area contributed by atoms with Crippen LogP contribution in [-0.4, -0.2) is 8.42 Å². The molecule has 96 valence electrons. The number of nitrogens with two attached hydrogens (primary N) is 1. The fourth-order valence-corrected chi connectivity index (χ4v) is 2.89.